The molecule has 1 aromatic heterocycles. The van der Waals surface area contributed by atoms with Crippen LogP contribution >= 0.6 is 11.6 Å². The van der Waals surface area contributed by atoms with Gasteiger partial charge in [0.1, 0.15) is 17.3 Å². The van der Waals surface area contributed by atoms with Crippen molar-refractivity contribution in [2.24, 2.45) is 5.92 Å². The molecule has 0 saturated carbocycles. The highest BCUT2D eigenvalue weighted by Gasteiger charge is 2.21. The normalized spacial score (nSPS) is 11.0. The van der Waals surface area contributed by atoms with Crippen LogP contribution in [-0.4, -0.2) is 28.5 Å². The Bertz CT molecular complexity index is 1020. The van der Waals surface area contributed by atoms with E-state index in [1.807, 2.05) is 20.8 Å². The number of amides is 1. The fourth-order valence-corrected chi connectivity index (χ4v) is 3.18. The van der Waals surface area contributed by atoms with Gasteiger partial charge in [0.2, 0.25) is 5.91 Å². The number of nitrogen functional groups attached to an aromatic ring is 1. The number of benzene rings is 1. The lowest BCUT2D eigenvalue weighted by atomic mass is 10.2. The van der Waals surface area contributed by atoms with Crippen molar-refractivity contribution in [3.05, 3.63) is 49.9 Å². The molecule has 0 saturated heterocycles. The van der Waals surface area contributed by atoms with E-state index in [0.717, 1.165) is 12.5 Å². The van der Waals surface area contributed by atoms with Gasteiger partial charge in [-0.3, -0.25) is 19.1 Å². The van der Waals surface area contributed by atoms with Crippen molar-refractivity contribution in [1.82, 2.24) is 9.55 Å². The van der Waals surface area contributed by atoms with Crippen molar-refractivity contribution in [1.29, 1.82) is 0 Å². The summed E-state index contributed by atoms with van der Waals surface area (Å²) in [5, 5.41) is 2.52. The molecule has 30 heavy (non-hydrogen) atoms. The number of hydrogen-bond donors (Lipinski definition) is 3. The van der Waals surface area contributed by atoms with E-state index in [9.17, 15) is 18.8 Å². The van der Waals surface area contributed by atoms with Gasteiger partial charge in [-0.2, -0.15) is 0 Å². The summed E-state index contributed by atoms with van der Waals surface area (Å²) in [6.45, 7) is 6.37. The van der Waals surface area contributed by atoms with Crippen LogP contribution in [0.2, 0.25) is 5.02 Å². The number of hydrogen-bond acceptors (Lipinski definition) is 5. The van der Waals surface area contributed by atoms with Gasteiger partial charge in [0.15, 0.2) is 0 Å². The summed E-state index contributed by atoms with van der Waals surface area (Å²) < 4.78 is 14.6. The van der Waals surface area contributed by atoms with Crippen LogP contribution in [0.4, 0.5) is 21.6 Å². The number of carbonyl (C=O) groups excluding carboxylic acids is 1. The van der Waals surface area contributed by atoms with E-state index < -0.39 is 23.0 Å². The lowest BCUT2D eigenvalue weighted by Gasteiger charge is -2.26. The van der Waals surface area contributed by atoms with Crippen molar-refractivity contribution in [2.45, 2.75) is 40.2 Å². The van der Waals surface area contributed by atoms with E-state index in [1.165, 1.54) is 16.7 Å². The number of rotatable bonds is 9. The van der Waals surface area contributed by atoms with E-state index >= 15 is 0 Å². The predicted molar refractivity (Wildman–Crippen MR) is 118 cm³/mol. The maximum atomic E-state index is 13.3. The quantitative estimate of drug-likeness (QED) is 0.556. The molecule has 0 unspecified atom stereocenters. The minimum Gasteiger partial charge on any atom is -0.383 e. The SMILES string of the molecule is CCCCN(CC(=O)Nc1ccc(F)c(Cl)c1)c1c(N)n(CC(C)C)c(=O)[nH]c1=O. The summed E-state index contributed by atoms with van der Waals surface area (Å²) in [6.07, 6.45) is 1.53. The molecule has 164 valence electrons. The van der Waals surface area contributed by atoms with Crippen LogP contribution in [0, 0.1) is 11.7 Å². The Morgan fingerprint density at radius 2 is 2.07 bits per heavy atom. The topological polar surface area (TPSA) is 113 Å². The molecular weight excluding hydrogens is 413 g/mol. The molecule has 2 aromatic rings. The van der Waals surface area contributed by atoms with Crippen molar-refractivity contribution in [3.63, 3.8) is 0 Å². The highest BCUT2D eigenvalue weighted by molar-refractivity contribution is 6.31. The van der Waals surface area contributed by atoms with Gasteiger partial charge in [0.05, 0.1) is 11.6 Å². The zero-order valence-corrected chi connectivity index (χ0v) is 18.1. The smallest absolute Gasteiger partial charge is 0.330 e. The van der Waals surface area contributed by atoms with Gasteiger partial charge in [-0.25, -0.2) is 9.18 Å². The minimum absolute atomic E-state index is 0.0196. The lowest BCUT2D eigenvalue weighted by Crippen LogP contribution is -2.42. The summed E-state index contributed by atoms with van der Waals surface area (Å²) in [4.78, 5) is 41.2. The second-order valence-corrected chi connectivity index (χ2v) is 7.86. The second kappa shape index (κ2) is 10.3. The van der Waals surface area contributed by atoms with Crippen LogP contribution in [0.5, 0.6) is 0 Å². The molecule has 0 aliphatic heterocycles. The van der Waals surface area contributed by atoms with Gasteiger partial charge in [0.25, 0.3) is 5.56 Å². The summed E-state index contributed by atoms with van der Waals surface area (Å²) in [6, 6.07) is 3.84. The number of aromatic amines is 1. The van der Waals surface area contributed by atoms with Crippen LogP contribution in [0.25, 0.3) is 0 Å². The first-order chi connectivity index (χ1) is 14.1. The molecule has 0 bridgehead atoms. The zero-order valence-electron chi connectivity index (χ0n) is 17.3. The van der Waals surface area contributed by atoms with Gasteiger partial charge >= 0.3 is 5.69 Å². The maximum Gasteiger partial charge on any atom is 0.330 e. The van der Waals surface area contributed by atoms with Crippen LogP contribution in [0.1, 0.15) is 33.6 Å². The number of carbonyl (C=O) groups is 1. The van der Waals surface area contributed by atoms with E-state index in [1.54, 1.807) is 4.90 Å². The molecule has 0 aliphatic carbocycles. The molecule has 1 aromatic carbocycles. The van der Waals surface area contributed by atoms with Crippen molar-refractivity contribution in [3.8, 4) is 0 Å². The molecule has 2 rings (SSSR count). The van der Waals surface area contributed by atoms with Crippen molar-refractivity contribution >= 4 is 34.7 Å². The maximum absolute atomic E-state index is 13.3. The number of aromatic nitrogens is 2. The average Bonchev–Trinajstić information content (AvgIpc) is 2.65. The number of nitrogens with two attached hydrogens (primary N) is 1. The molecule has 10 heteroatoms. The third-order valence-electron chi connectivity index (χ3n) is 4.40. The Labute approximate surface area is 178 Å². The predicted octanol–water partition coefficient (Wildman–Crippen LogP) is 2.81. The second-order valence-electron chi connectivity index (χ2n) is 7.45. The monoisotopic (exact) mass is 439 g/mol. The largest absolute Gasteiger partial charge is 0.383 e. The van der Waals surface area contributed by atoms with Gasteiger partial charge in [-0.05, 0) is 30.5 Å². The van der Waals surface area contributed by atoms with E-state index in [2.05, 4.69) is 10.3 Å². The van der Waals surface area contributed by atoms with Gasteiger partial charge < -0.3 is 16.0 Å². The average molecular weight is 440 g/mol. The standard InChI is InChI=1S/C20H27ClFN5O3/c1-4-5-8-26(11-16(28)24-13-6-7-15(22)14(21)9-13)17-18(23)27(10-12(2)3)20(30)25-19(17)29/h6-7,9,12H,4-5,8,10-11,23H2,1-3H3,(H,24,28)(H,25,29,30). The highest BCUT2D eigenvalue weighted by atomic mass is 35.5. The molecule has 8 nitrogen and oxygen atoms in total. The molecule has 1 amide bonds. The number of nitrogens with zero attached hydrogens (tertiary/aromatic N) is 2. The van der Waals surface area contributed by atoms with E-state index in [-0.39, 0.29) is 29.0 Å². The summed E-state index contributed by atoms with van der Waals surface area (Å²) >= 11 is 5.75. The molecule has 0 aliphatic rings. The van der Waals surface area contributed by atoms with Crippen LogP contribution in [0.3, 0.4) is 0 Å². The van der Waals surface area contributed by atoms with Crippen molar-refractivity contribution in [2.75, 3.05) is 29.0 Å². The Hall–Kier alpha value is -2.81. The number of H-pyrrole nitrogens is 1. The van der Waals surface area contributed by atoms with Crippen LogP contribution in [0.15, 0.2) is 27.8 Å². The summed E-state index contributed by atoms with van der Waals surface area (Å²) in [5.41, 5.74) is 5.35. The third-order valence-corrected chi connectivity index (χ3v) is 4.69. The Morgan fingerprint density at radius 1 is 1.37 bits per heavy atom. The number of nitrogens with one attached hydrogen (secondary N) is 2. The molecule has 0 spiro atoms. The van der Waals surface area contributed by atoms with Gasteiger partial charge in [-0.1, -0.05) is 38.8 Å². The first kappa shape index (κ1) is 23.5. The highest BCUT2D eigenvalue weighted by Crippen LogP contribution is 2.21. The fourth-order valence-electron chi connectivity index (χ4n) is 3.00. The minimum atomic E-state index is -0.647. The first-order valence-electron chi connectivity index (χ1n) is 9.76. The summed E-state index contributed by atoms with van der Waals surface area (Å²) in [5.74, 6) is -0.884. The third kappa shape index (κ3) is 5.85. The Morgan fingerprint density at radius 3 is 2.67 bits per heavy atom. The fraction of sp³-hybridized carbons (Fsp3) is 0.450. The molecule has 1 heterocycles. The number of halogens is 2. The van der Waals surface area contributed by atoms with Crippen LogP contribution < -0.4 is 27.2 Å². The number of anilines is 3. The Balaban J connectivity index is 2.35. The van der Waals surface area contributed by atoms with Gasteiger partial charge in [-0.15, -0.1) is 0 Å². The molecule has 0 fully saturated rings. The molecule has 0 radical (unpaired) electrons. The molecule has 0 atom stereocenters. The van der Waals surface area contributed by atoms with Gasteiger partial charge in [0, 0.05) is 18.8 Å². The summed E-state index contributed by atoms with van der Waals surface area (Å²) in [7, 11) is 0. The lowest BCUT2D eigenvalue weighted by molar-refractivity contribution is -0.115. The first-order valence-corrected chi connectivity index (χ1v) is 10.1. The van der Waals surface area contributed by atoms with E-state index in [4.69, 9.17) is 17.3 Å². The van der Waals surface area contributed by atoms with Crippen LogP contribution in [-0.2, 0) is 11.3 Å². The molecular formula is C20H27ClFN5O3. The van der Waals surface area contributed by atoms with E-state index in [0.29, 0.717) is 25.2 Å². The zero-order chi connectivity index (χ0) is 22.4. The number of unbranched alkanes of at least 4 members (excludes halogenated alkanes) is 1. The molecule has 4 N–H and O–H groups in total. The Kier molecular flexibility index (Phi) is 8.05. The van der Waals surface area contributed by atoms with Crippen molar-refractivity contribution < 1.29 is 9.18 Å².